The van der Waals surface area contributed by atoms with E-state index in [1.165, 1.54) is 0 Å². The molecule has 6 heteroatoms. The molecule has 1 amide bonds. The lowest BCUT2D eigenvalue weighted by Gasteiger charge is -2.12. The van der Waals surface area contributed by atoms with Gasteiger partial charge in [0, 0.05) is 24.8 Å². The summed E-state index contributed by atoms with van der Waals surface area (Å²) >= 11 is 0. The summed E-state index contributed by atoms with van der Waals surface area (Å²) in [6.45, 7) is 1.48. The summed E-state index contributed by atoms with van der Waals surface area (Å²) in [5.74, 6) is 1.69. The topological polar surface area (TPSA) is 59.6 Å². The molecule has 0 aliphatic rings. The number of methoxy groups -OCH3 is 1. The summed E-state index contributed by atoms with van der Waals surface area (Å²) in [6, 6.07) is 24.8. The van der Waals surface area contributed by atoms with E-state index in [2.05, 4.69) is 10.6 Å². The fraction of sp³-hybridized carbons (Fsp3) is 0.208. The summed E-state index contributed by atoms with van der Waals surface area (Å²) in [6.07, 6.45) is 1.86. The molecule has 30 heavy (non-hydrogen) atoms. The van der Waals surface area contributed by atoms with E-state index in [1.54, 1.807) is 25.3 Å². The molecule has 2 N–H and O–H groups in total. The van der Waals surface area contributed by atoms with Crippen LogP contribution in [0.1, 0.15) is 23.2 Å². The highest BCUT2D eigenvalue weighted by Crippen LogP contribution is 2.28. The van der Waals surface area contributed by atoms with E-state index >= 15 is 0 Å². The van der Waals surface area contributed by atoms with E-state index in [9.17, 15) is 4.79 Å². The number of hydrogen-bond acceptors (Lipinski definition) is 4. The van der Waals surface area contributed by atoms with Crippen molar-refractivity contribution in [3.05, 3.63) is 84.4 Å². The minimum Gasteiger partial charge on any atom is -0.496 e. The molecule has 0 saturated heterocycles. The summed E-state index contributed by atoms with van der Waals surface area (Å²) < 4.78 is 11.2. The molecule has 158 valence electrons. The number of unbranched alkanes of at least 4 members (excludes halogenated alkanes) is 1. The van der Waals surface area contributed by atoms with Crippen LogP contribution < -0.4 is 20.1 Å². The van der Waals surface area contributed by atoms with Gasteiger partial charge >= 0.3 is 0 Å². The Balaban J connectivity index is 0.00000320. The second-order valence-corrected chi connectivity index (χ2v) is 6.53. The smallest absolute Gasteiger partial charge is 0.255 e. The van der Waals surface area contributed by atoms with Crippen molar-refractivity contribution in [1.82, 2.24) is 5.32 Å². The van der Waals surface area contributed by atoms with Gasteiger partial charge in [-0.25, -0.2) is 0 Å². The average molecular weight is 427 g/mol. The first-order chi connectivity index (χ1) is 14.3. The van der Waals surface area contributed by atoms with Crippen LogP contribution in [-0.2, 0) is 0 Å². The zero-order chi connectivity index (χ0) is 20.3. The van der Waals surface area contributed by atoms with Crippen LogP contribution in [0.5, 0.6) is 17.2 Å². The quantitative estimate of drug-likeness (QED) is 0.418. The number of benzene rings is 3. The molecule has 0 bridgehead atoms. The number of nitrogens with one attached hydrogen (secondary N) is 2. The van der Waals surface area contributed by atoms with Gasteiger partial charge in [0.15, 0.2) is 0 Å². The fourth-order valence-electron chi connectivity index (χ4n) is 2.88. The van der Waals surface area contributed by atoms with Gasteiger partial charge in [-0.2, -0.15) is 0 Å². The van der Waals surface area contributed by atoms with Crippen molar-refractivity contribution in [2.45, 2.75) is 12.8 Å². The van der Waals surface area contributed by atoms with Gasteiger partial charge in [0.2, 0.25) is 0 Å². The molecular weight excluding hydrogens is 400 g/mol. The number of anilines is 1. The highest BCUT2D eigenvalue weighted by molar-refractivity contribution is 5.97. The van der Waals surface area contributed by atoms with Gasteiger partial charge in [-0.1, -0.05) is 36.4 Å². The number of amides is 1. The first-order valence-corrected chi connectivity index (χ1v) is 9.74. The van der Waals surface area contributed by atoms with Crippen LogP contribution in [0.25, 0.3) is 0 Å². The molecule has 0 aliphatic carbocycles. The highest BCUT2D eigenvalue weighted by atomic mass is 35.5. The second kappa shape index (κ2) is 12.4. The molecule has 0 saturated carbocycles. The standard InChI is InChI=1S/C24H26N2O3.ClH/c1-28-23-18-21(29-20-12-6-3-7-13-20)14-15-22(23)24(27)26-17-9-8-16-25-19-10-4-2-5-11-19;/h2-7,10-15,18,25H,8-9,16-17H2,1H3,(H,26,27);1H. The number of carbonyl (C=O) groups excluding carboxylic acids is 1. The SMILES string of the molecule is COc1cc(Oc2ccccc2)ccc1C(=O)NCCCCNc1ccccc1.Cl. The molecule has 0 heterocycles. The first-order valence-electron chi connectivity index (χ1n) is 9.74. The number of rotatable bonds is 10. The largest absolute Gasteiger partial charge is 0.496 e. The van der Waals surface area contributed by atoms with Crippen LogP contribution in [0.4, 0.5) is 5.69 Å². The average Bonchev–Trinajstić information content (AvgIpc) is 2.77. The van der Waals surface area contributed by atoms with Crippen LogP contribution in [-0.4, -0.2) is 26.1 Å². The molecule has 3 rings (SSSR count). The number of para-hydroxylation sites is 2. The Morgan fingerprint density at radius 2 is 1.50 bits per heavy atom. The first kappa shape index (κ1) is 23.1. The van der Waals surface area contributed by atoms with Crippen LogP contribution in [0.15, 0.2) is 78.9 Å². The summed E-state index contributed by atoms with van der Waals surface area (Å²) in [5.41, 5.74) is 1.61. The molecule has 0 radical (unpaired) electrons. The predicted molar refractivity (Wildman–Crippen MR) is 123 cm³/mol. The van der Waals surface area contributed by atoms with Crippen molar-refractivity contribution in [3.63, 3.8) is 0 Å². The molecule has 5 nitrogen and oxygen atoms in total. The van der Waals surface area contributed by atoms with E-state index in [0.717, 1.165) is 30.8 Å². The molecule has 3 aromatic rings. The van der Waals surface area contributed by atoms with Gasteiger partial charge in [-0.3, -0.25) is 4.79 Å². The van der Waals surface area contributed by atoms with Crippen LogP contribution >= 0.6 is 12.4 Å². The van der Waals surface area contributed by atoms with Gasteiger partial charge < -0.3 is 20.1 Å². The Morgan fingerprint density at radius 1 is 0.833 bits per heavy atom. The lowest BCUT2D eigenvalue weighted by Crippen LogP contribution is -2.25. The zero-order valence-corrected chi connectivity index (χ0v) is 17.8. The predicted octanol–water partition coefficient (Wildman–Crippen LogP) is 5.53. The van der Waals surface area contributed by atoms with E-state index in [4.69, 9.17) is 9.47 Å². The highest BCUT2D eigenvalue weighted by Gasteiger charge is 2.13. The number of ether oxygens (including phenoxy) is 2. The van der Waals surface area contributed by atoms with Gasteiger partial charge in [-0.05, 0) is 49.2 Å². The van der Waals surface area contributed by atoms with Crippen molar-refractivity contribution >= 4 is 24.0 Å². The molecule has 0 aliphatic heterocycles. The van der Waals surface area contributed by atoms with Gasteiger partial charge in [0.05, 0.1) is 12.7 Å². The Bertz CT molecular complexity index is 905. The maximum Gasteiger partial charge on any atom is 0.255 e. The number of hydrogen-bond donors (Lipinski definition) is 2. The third-order valence-electron chi connectivity index (χ3n) is 4.39. The Hall–Kier alpha value is -3.18. The van der Waals surface area contributed by atoms with Crippen LogP contribution in [0, 0.1) is 0 Å². The van der Waals surface area contributed by atoms with E-state index in [0.29, 0.717) is 23.6 Å². The maximum atomic E-state index is 12.5. The van der Waals surface area contributed by atoms with Gasteiger partial charge in [-0.15, -0.1) is 12.4 Å². The maximum absolute atomic E-state index is 12.5. The minimum atomic E-state index is -0.149. The molecule has 0 fully saturated rings. The summed E-state index contributed by atoms with van der Waals surface area (Å²) in [5, 5.41) is 6.32. The Kier molecular flexibility index (Phi) is 9.55. The molecule has 0 aromatic heterocycles. The molecule has 3 aromatic carbocycles. The molecule has 0 atom stereocenters. The van der Waals surface area contributed by atoms with Crippen molar-refractivity contribution in [1.29, 1.82) is 0 Å². The van der Waals surface area contributed by atoms with Crippen molar-refractivity contribution in [2.24, 2.45) is 0 Å². The van der Waals surface area contributed by atoms with E-state index in [1.807, 2.05) is 60.7 Å². The van der Waals surface area contributed by atoms with Gasteiger partial charge in [0.1, 0.15) is 17.2 Å². The summed E-state index contributed by atoms with van der Waals surface area (Å²) in [7, 11) is 1.55. The van der Waals surface area contributed by atoms with E-state index < -0.39 is 0 Å². The van der Waals surface area contributed by atoms with Crippen LogP contribution in [0.2, 0.25) is 0 Å². The van der Waals surface area contributed by atoms with Crippen molar-refractivity contribution in [3.8, 4) is 17.2 Å². The normalized spacial score (nSPS) is 9.90. The molecule has 0 spiro atoms. The lowest BCUT2D eigenvalue weighted by molar-refractivity contribution is 0.0950. The Labute approximate surface area is 183 Å². The third-order valence-corrected chi connectivity index (χ3v) is 4.39. The third kappa shape index (κ3) is 7.01. The van der Waals surface area contributed by atoms with Crippen molar-refractivity contribution in [2.75, 3.05) is 25.5 Å². The second-order valence-electron chi connectivity index (χ2n) is 6.53. The monoisotopic (exact) mass is 426 g/mol. The van der Waals surface area contributed by atoms with E-state index in [-0.39, 0.29) is 18.3 Å². The Morgan fingerprint density at radius 3 is 2.20 bits per heavy atom. The minimum absolute atomic E-state index is 0. The van der Waals surface area contributed by atoms with Gasteiger partial charge in [0.25, 0.3) is 5.91 Å². The van der Waals surface area contributed by atoms with Crippen molar-refractivity contribution < 1.29 is 14.3 Å². The summed E-state index contributed by atoms with van der Waals surface area (Å²) in [4.78, 5) is 12.5. The zero-order valence-electron chi connectivity index (χ0n) is 17.0. The molecule has 0 unspecified atom stereocenters. The number of carbonyl (C=O) groups is 1. The number of halogens is 1. The fourth-order valence-corrected chi connectivity index (χ4v) is 2.88. The lowest BCUT2D eigenvalue weighted by atomic mass is 10.1. The van der Waals surface area contributed by atoms with Crippen LogP contribution in [0.3, 0.4) is 0 Å². The molecular formula is C24H27ClN2O3.